The van der Waals surface area contributed by atoms with Crippen molar-refractivity contribution in [3.8, 4) is 5.75 Å². The number of carbonyl (C=O) groups is 3. The second kappa shape index (κ2) is 10.7. The zero-order valence-corrected chi connectivity index (χ0v) is 16.0. The number of rotatable bonds is 9. The molecule has 0 unspecified atom stereocenters. The van der Waals surface area contributed by atoms with Crippen LogP contribution >= 0.6 is 0 Å². The lowest BCUT2D eigenvalue weighted by Gasteiger charge is -2.11. The molecule has 148 valence electrons. The number of anilines is 2. The summed E-state index contributed by atoms with van der Waals surface area (Å²) in [5, 5.41) is 5.38. The predicted molar refractivity (Wildman–Crippen MR) is 106 cm³/mol. The lowest BCUT2D eigenvalue weighted by atomic mass is 10.2. The summed E-state index contributed by atoms with van der Waals surface area (Å²) < 4.78 is 10.3. The Labute approximate surface area is 164 Å². The zero-order chi connectivity index (χ0) is 20.4. The summed E-state index contributed by atoms with van der Waals surface area (Å²) in [6, 6.07) is 14.3. The number of para-hydroxylation sites is 3. The third kappa shape index (κ3) is 6.75. The lowest BCUT2D eigenvalue weighted by Crippen LogP contribution is -2.22. The van der Waals surface area contributed by atoms with Crippen LogP contribution in [0.2, 0.25) is 0 Å². The zero-order valence-electron chi connectivity index (χ0n) is 16.0. The van der Waals surface area contributed by atoms with Crippen LogP contribution < -0.4 is 15.4 Å². The highest BCUT2D eigenvalue weighted by molar-refractivity contribution is 5.95. The Bertz CT molecular complexity index is 835. The van der Waals surface area contributed by atoms with Gasteiger partial charge in [-0.3, -0.25) is 14.4 Å². The van der Waals surface area contributed by atoms with Gasteiger partial charge in [-0.15, -0.1) is 0 Å². The molecule has 0 saturated carbocycles. The second-order valence-corrected chi connectivity index (χ2v) is 6.00. The number of hydrogen-bond donors (Lipinski definition) is 2. The smallest absolute Gasteiger partial charge is 0.306 e. The molecule has 2 N–H and O–H groups in total. The molecule has 2 rings (SSSR count). The van der Waals surface area contributed by atoms with Gasteiger partial charge in [-0.25, -0.2) is 0 Å². The Balaban J connectivity index is 1.73. The van der Waals surface area contributed by atoms with E-state index >= 15 is 0 Å². The number of ether oxygens (including phenoxy) is 2. The fourth-order valence-electron chi connectivity index (χ4n) is 2.40. The third-order valence-corrected chi connectivity index (χ3v) is 3.80. The molecule has 0 fully saturated rings. The number of amides is 2. The number of benzene rings is 2. The van der Waals surface area contributed by atoms with Crippen LogP contribution in [0.5, 0.6) is 5.75 Å². The average molecular weight is 384 g/mol. The van der Waals surface area contributed by atoms with E-state index in [2.05, 4.69) is 10.6 Å². The van der Waals surface area contributed by atoms with Crippen LogP contribution in [0.4, 0.5) is 11.4 Å². The Kier molecular flexibility index (Phi) is 8.02. The molecule has 0 bridgehead atoms. The van der Waals surface area contributed by atoms with Crippen LogP contribution in [0.25, 0.3) is 0 Å². The molecular weight excluding hydrogens is 360 g/mol. The summed E-state index contributed by atoms with van der Waals surface area (Å²) >= 11 is 0. The topological polar surface area (TPSA) is 93.7 Å². The Morgan fingerprint density at radius 2 is 1.50 bits per heavy atom. The van der Waals surface area contributed by atoms with E-state index in [0.717, 1.165) is 5.56 Å². The molecule has 7 nitrogen and oxygen atoms in total. The minimum Gasteiger partial charge on any atom is -0.492 e. The number of carbonyl (C=O) groups excluding carboxylic acids is 3. The summed E-state index contributed by atoms with van der Waals surface area (Å²) in [4.78, 5) is 35.7. The van der Waals surface area contributed by atoms with E-state index in [1.165, 1.54) is 0 Å². The summed E-state index contributed by atoms with van der Waals surface area (Å²) in [6.07, 6.45) is -0.136. The van der Waals surface area contributed by atoms with E-state index in [4.69, 9.17) is 9.47 Å². The Hall–Kier alpha value is -3.35. The summed E-state index contributed by atoms with van der Waals surface area (Å²) in [5.41, 5.74) is 2.14. The minimum absolute atomic E-state index is 0.0258. The maximum Gasteiger partial charge on any atom is 0.306 e. The van der Waals surface area contributed by atoms with Gasteiger partial charge in [-0.05, 0) is 37.6 Å². The fourth-order valence-corrected chi connectivity index (χ4v) is 2.40. The van der Waals surface area contributed by atoms with Gasteiger partial charge in [0.2, 0.25) is 5.91 Å². The first-order chi connectivity index (χ1) is 13.5. The van der Waals surface area contributed by atoms with Gasteiger partial charge in [-0.1, -0.05) is 30.3 Å². The van der Waals surface area contributed by atoms with E-state index in [9.17, 15) is 14.4 Å². The Morgan fingerprint density at radius 1 is 0.857 bits per heavy atom. The first kappa shape index (κ1) is 21.0. The van der Waals surface area contributed by atoms with Crippen LogP contribution in [0.15, 0.2) is 48.5 Å². The summed E-state index contributed by atoms with van der Waals surface area (Å²) in [6.45, 7) is 3.76. The summed E-state index contributed by atoms with van der Waals surface area (Å²) in [7, 11) is 0. The number of nitrogens with one attached hydrogen (secondary N) is 2. The van der Waals surface area contributed by atoms with Crippen molar-refractivity contribution in [2.45, 2.75) is 26.7 Å². The SMILES string of the molecule is CCOc1ccccc1NC(=O)COC(=O)CCC(=O)Nc1ccccc1C. The van der Waals surface area contributed by atoms with Crippen molar-refractivity contribution >= 4 is 29.2 Å². The van der Waals surface area contributed by atoms with Gasteiger partial charge in [0.15, 0.2) is 6.61 Å². The highest BCUT2D eigenvalue weighted by Gasteiger charge is 2.12. The van der Waals surface area contributed by atoms with Crippen LogP contribution in [-0.4, -0.2) is 31.0 Å². The Morgan fingerprint density at radius 3 is 2.21 bits per heavy atom. The minimum atomic E-state index is -0.617. The van der Waals surface area contributed by atoms with Crippen molar-refractivity contribution in [2.24, 2.45) is 0 Å². The van der Waals surface area contributed by atoms with Gasteiger partial charge in [0.05, 0.1) is 18.7 Å². The molecule has 0 aliphatic carbocycles. The number of hydrogen-bond acceptors (Lipinski definition) is 5. The monoisotopic (exact) mass is 384 g/mol. The van der Waals surface area contributed by atoms with Crippen LogP contribution in [0.1, 0.15) is 25.3 Å². The number of aryl methyl sites for hydroxylation is 1. The van der Waals surface area contributed by atoms with Crippen LogP contribution in [0, 0.1) is 6.92 Å². The molecule has 0 spiro atoms. The van der Waals surface area contributed by atoms with E-state index in [-0.39, 0.29) is 18.7 Å². The molecule has 0 radical (unpaired) electrons. The van der Waals surface area contributed by atoms with Crippen LogP contribution in [-0.2, 0) is 19.1 Å². The van der Waals surface area contributed by atoms with Gasteiger partial charge in [0, 0.05) is 12.1 Å². The molecular formula is C21H24N2O5. The maximum absolute atomic E-state index is 12.0. The van der Waals surface area contributed by atoms with Crippen molar-refractivity contribution in [2.75, 3.05) is 23.8 Å². The highest BCUT2D eigenvalue weighted by atomic mass is 16.5. The van der Waals surface area contributed by atoms with Crippen molar-refractivity contribution in [3.63, 3.8) is 0 Å². The molecule has 0 aromatic heterocycles. The van der Waals surface area contributed by atoms with Gasteiger partial charge in [-0.2, -0.15) is 0 Å². The molecule has 0 saturated heterocycles. The second-order valence-electron chi connectivity index (χ2n) is 6.00. The molecule has 0 heterocycles. The van der Waals surface area contributed by atoms with E-state index in [1.54, 1.807) is 30.3 Å². The highest BCUT2D eigenvalue weighted by Crippen LogP contribution is 2.23. The fraction of sp³-hybridized carbons (Fsp3) is 0.286. The average Bonchev–Trinajstić information content (AvgIpc) is 2.68. The van der Waals surface area contributed by atoms with Gasteiger partial charge in [0.1, 0.15) is 5.75 Å². The summed E-state index contributed by atoms with van der Waals surface area (Å²) in [5.74, 6) is -0.850. The maximum atomic E-state index is 12.0. The van der Waals surface area contributed by atoms with Gasteiger partial charge in [0.25, 0.3) is 5.91 Å². The first-order valence-corrected chi connectivity index (χ1v) is 9.02. The standard InChI is InChI=1S/C21H24N2O5/c1-3-27-18-11-7-6-10-17(18)23-20(25)14-28-21(26)13-12-19(24)22-16-9-5-4-8-15(16)2/h4-11H,3,12-14H2,1-2H3,(H,22,24)(H,23,25). The largest absolute Gasteiger partial charge is 0.492 e. The van der Waals surface area contributed by atoms with Gasteiger partial charge < -0.3 is 20.1 Å². The molecule has 2 amide bonds. The van der Waals surface area contributed by atoms with Crippen LogP contribution in [0.3, 0.4) is 0 Å². The third-order valence-electron chi connectivity index (χ3n) is 3.80. The van der Waals surface area contributed by atoms with E-state index in [0.29, 0.717) is 23.7 Å². The molecule has 28 heavy (non-hydrogen) atoms. The molecule has 0 aliphatic heterocycles. The lowest BCUT2D eigenvalue weighted by molar-refractivity contribution is -0.147. The normalized spacial score (nSPS) is 10.1. The molecule has 0 atom stereocenters. The number of esters is 1. The predicted octanol–water partition coefficient (Wildman–Crippen LogP) is 3.29. The molecule has 7 heteroatoms. The first-order valence-electron chi connectivity index (χ1n) is 9.02. The van der Waals surface area contributed by atoms with Gasteiger partial charge >= 0.3 is 5.97 Å². The van der Waals surface area contributed by atoms with E-state index in [1.807, 2.05) is 32.0 Å². The molecule has 2 aromatic rings. The van der Waals surface area contributed by atoms with E-state index < -0.39 is 18.5 Å². The van der Waals surface area contributed by atoms with Crippen molar-refractivity contribution in [3.05, 3.63) is 54.1 Å². The molecule has 0 aliphatic rings. The quantitative estimate of drug-likeness (QED) is 0.647. The van der Waals surface area contributed by atoms with Crippen molar-refractivity contribution in [1.82, 2.24) is 0 Å². The van der Waals surface area contributed by atoms with Crippen molar-refractivity contribution < 1.29 is 23.9 Å². The molecule has 2 aromatic carbocycles. The van der Waals surface area contributed by atoms with Crippen molar-refractivity contribution in [1.29, 1.82) is 0 Å².